The van der Waals surface area contributed by atoms with Gasteiger partial charge in [0.25, 0.3) is 23.6 Å². The molecule has 260 valence electrons. The molecule has 3 aliphatic rings. The summed E-state index contributed by atoms with van der Waals surface area (Å²) in [5, 5.41) is 0. The maximum absolute atomic E-state index is 15.2. The Balaban J connectivity index is 1.26. The standard InChI is InChI=1S/C44H26N2O8/c47-39-35-31(45-41(49)27-15-7-8-16-28(27)42(45)50)19-20-32(46-43(51)29-17-9-10-18-30(29)44(46)52)36(35)40(48)38-34(54-24-26-13-5-2-6-14-26)22-21-33(37(38)39)53-23-25-11-3-1-4-12-25/h1-22H,23-24H2. The Morgan fingerprint density at radius 1 is 0.352 bits per heavy atom. The van der Waals surface area contributed by atoms with Gasteiger partial charge in [-0.15, -0.1) is 0 Å². The fraction of sp³-hybridized carbons (Fsp3) is 0.0455. The molecule has 0 bridgehead atoms. The molecule has 0 fully saturated rings. The summed E-state index contributed by atoms with van der Waals surface area (Å²) < 4.78 is 12.4. The van der Waals surface area contributed by atoms with Gasteiger partial charge in [0, 0.05) is 0 Å². The monoisotopic (exact) mass is 710 g/mol. The number of benzene rings is 6. The molecule has 10 nitrogen and oxygen atoms in total. The van der Waals surface area contributed by atoms with Crippen molar-refractivity contribution >= 4 is 46.6 Å². The predicted octanol–water partition coefficient (Wildman–Crippen LogP) is 7.22. The van der Waals surface area contributed by atoms with Gasteiger partial charge in [-0.1, -0.05) is 84.9 Å². The smallest absolute Gasteiger partial charge is 0.266 e. The van der Waals surface area contributed by atoms with E-state index in [-0.39, 0.29) is 80.6 Å². The molecule has 4 amide bonds. The molecule has 0 radical (unpaired) electrons. The van der Waals surface area contributed by atoms with Crippen LogP contribution in [0, 0.1) is 0 Å². The lowest BCUT2D eigenvalue weighted by atomic mass is 9.80. The zero-order valence-corrected chi connectivity index (χ0v) is 28.3. The van der Waals surface area contributed by atoms with E-state index in [1.807, 2.05) is 60.7 Å². The molecular formula is C44H26N2O8. The van der Waals surface area contributed by atoms with E-state index in [1.54, 1.807) is 24.3 Å². The molecule has 0 saturated carbocycles. The Hall–Kier alpha value is -7.46. The molecule has 0 aromatic heterocycles. The van der Waals surface area contributed by atoms with E-state index < -0.39 is 35.2 Å². The van der Waals surface area contributed by atoms with Crippen LogP contribution in [0.15, 0.2) is 133 Å². The zero-order chi connectivity index (χ0) is 37.1. The summed E-state index contributed by atoms with van der Waals surface area (Å²) in [4.78, 5) is 87.6. The summed E-state index contributed by atoms with van der Waals surface area (Å²) in [6.45, 7) is 0.0956. The second kappa shape index (κ2) is 12.6. The van der Waals surface area contributed by atoms with Gasteiger partial charge in [0.05, 0.1) is 55.9 Å². The first kappa shape index (κ1) is 32.4. The van der Waals surface area contributed by atoms with E-state index in [0.717, 1.165) is 20.9 Å². The first-order chi connectivity index (χ1) is 26.3. The Morgan fingerprint density at radius 3 is 1.00 bits per heavy atom. The number of fused-ring (bicyclic) bond motifs is 4. The van der Waals surface area contributed by atoms with Crippen LogP contribution in [0.3, 0.4) is 0 Å². The molecule has 6 aromatic carbocycles. The van der Waals surface area contributed by atoms with Crippen molar-refractivity contribution in [2.75, 3.05) is 9.80 Å². The number of nitrogens with zero attached hydrogens (tertiary/aromatic N) is 2. The Morgan fingerprint density at radius 2 is 0.667 bits per heavy atom. The molecule has 2 heterocycles. The van der Waals surface area contributed by atoms with E-state index in [0.29, 0.717) is 0 Å². The van der Waals surface area contributed by atoms with Crippen LogP contribution in [0.4, 0.5) is 11.4 Å². The fourth-order valence-corrected chi connectivity index (χ4v) is 7.21. The largest absolute Gasteiger partial charge is 0.488 e. The maximum Gasteiger partial charge on any atom is 0.266 e. The van der Waals surface area contributed by atoms with Crippen molar-refractivity contribution in [1.82, 2.24) is 0 Å². The van der Waals surface area contributed by atoms with Crippen molar-refractivity contribution in [2.45, 2.75) is 13.2 Å². The normalized spacial score (nSPS) is 14.2. The third kappa shape index (κ3) is 4.95. The molecule has 54 heavy (non-hydrogen) atoms. The van der Waals surface area contributed by atoms with Crippen LogP contribution in [0.1, 0.15) is 84.4 Å². The molecule has 0 atom stereocenters. The second-order valence-corrected chi connectivity index (χ2v) is 12.9. The van der Waals surface area contributed by atoms with Gasteiger partial charge in [-0.25, -0.2) is 9.80 Å². The zero-order valence-electron chi connectivity index (χ0n) is 28.3. The van der Waals surface area contributed by atoms with Gasteiger partial charge in [0.2, 0.25) is 11.6 Å². The number of carbonyl (C=O) groups is 6. The molecule has 0 saturated heterocycles. The highest BCUT2D eigenvalue weighted by atomic mass is 16.5. The number of amides is 4. The number of carbonyl (C=O) groups excluding carboxylic acids is 6. The minimum Gasteiger partial charge on any atom is -0.488 e. The van der Waals surface area contributed by atoms with Crippen molar-refractivity contribution in [1.29, 1.82) is 0 Å². The number of anilines is 2. The highest BCUT2D eigenvalue weighted by molar-refractivity contribution is 6.41. The predicted molar refractivity (Wildman–Crippen MR) is 196 cm³/mol. The molecule has 0 N–H and O–H groups in total. The summed E-state index contributed by atoms with van der Waals surface area (Å²) in [6, 6.07) is 36.7. The quantitative estimate of drug-likeness (QED) is 0.151. The van der Waals surface area contributed by atoms with Crippen molar-refractivity contribution in [2.24, 2.45) is 0 Å². The minimum atomic E-state index is -0.766. The molecule has 9 rings (SSSR count). The number of hydrogen-bond acceptors (Lipinski definition) is 8. The first-order valence-corrected chi connectivity index (χ1v) is 17.1. The second-order valence-electron chi connectivity index (χ2n) is 12.9. The molecular weight excluding hydrogens is 684 g/mol. The third-order valence-corrected chi connectivity index (χ3v) is 9.74. The SMILES string of the molecule is O=C1c2c(OCc3ccccc3)ccc(OCc3ccccc3)c2C(=O)c2c(N3C(=O)c4ccccc4C3=O)ccc(N3C(=O)c4ccccc4C3=O)c21. The number of hydrogen-bond donors (Lipinski definition) is 0. The third-order valence-electron chi connectivity index (χ3n) is 9.74. The van der Waals surface area contributed by atoms with E-state index >= 15 is 9.59 Å². The molecule has 0 unspecified atom stereocenters. The van der Waals surface area contributed by atoms with Gasteiger partial charge < -0.3 is 9.47 Å². The van der Waals surface area contributed by atoms with Crippen LogP contribution in [-0.4, -0.2) is 35.2 Å². The van der Waals surface area contributed by atoms with Crippen LogP contribution in [0.5, 0.6) is 11.5 Å². The highest BCUT2D eigenvalue weighted by Gasteiger charge is 2.47. The molecule has 1 aliphatic carbocycles. The van der Waals surface area contributed by atoms with Gasteiger partial charge in [0.1, 0.15) is 24.7 Å². The van der Waals surface area contributed by atoms with Gasteiger partial charge in [-0.3, -0.25) is 28.8 Å². The van der Waals surface area contributed by atoms with Crippen LogP contribution < -0.4 is 19.3 Å². The van der Waals surface area contributed by atoms with Crippen LogP contribution in [0.25, 0.3) is 0 Å². The average molecular weight is 711 g/mol. The van der Waals surface area contributed by atoms with Crippen molar-refractivity contribution < 1.29 is 38.2 Å². The molecule has 2 aliphatic heterocycles. The Bertz CT molecular complexity index is 2380. The molecule has 6 aromatic rings. The maximum atomic E-state index is 15.2. The summed E-state index contributed by atoms with van der Waals surface area (Å²) in [7, 11) is 0. The first-order valence-electron chi connectivity index (χ1n) is 17.1. The van der Waals surface area contributed by atoms with E-state index in [4.69, 9.17) is 9.47 Å². The van der Waals surface area contributed by atoms with Crippen LogP contribution >= 0.6 is 0 Å². The van der Waals surface area contributed by atoms with Crippen LogP contribution in [0.2, 0.25) is 0 Å². The van der Waals surface area contributed by atoms with Crippen molar-refractivity contribution in [3.8, 4) is 11.5 Å². The summed E-state index contributed by atoms with van der Waals surface area (Å²) in [6.07, 6.45) is 0. The number of ketones is 2. The average Bonchev–Trinajstić information content (AvgIpc) is 3.62. The van der Waals surface area contributed by atoms with E-state index in [9.17, 15) is 19.2 Å². The van der Waals surface area contributed by atoms with E-state index in [1.165, 1.54) is 48.5 Å². The molecule has 0 spiro atoms. The van der Waals surface area contributed by atoms with Gasteiger partial charge in [0.15, 0.2) is 0 Å². The number of imide groups is 2. The van der Waals surface area contributed by atoms with Gasteiger partial charge in [-0.2, -0.15) is 0 Å². The summed E-state index contributed by atoms with van der Waals surface area (Å²) >= 11 is 0. The van der Waals surface area contributed by atoms with E-state index in [2.05, 4.69) is 0 Å². The van der Waals surface area contributed by atoms with Crippen molar-refractivity contribution in [3.63, 3.8) is 0 Å². The lowest BCUT2D eigenvalue weighted by molar-refractivity contribution is 0.0905. The number of rotatable bonds is 8. The lowest BCUT2D eigenvalue weighted by Gasteiger charge is -2.29. The lowest BCUT2D eigenvalue weighted by Crippen LogP contribution is -2.36. The minimum absolute atomic E-state index is 0.0478. The number of ether oxygens (including phenoxy) is 2. The Kier molecular flexibility index (Phi) is 7.60. The highest BCUT2D eigenvalue weighted by Crippen LogP contribution is 2.47. The fourth-order valence-electron chi connectivity index (χ4n) is 7.21. The van der Waals surface area contributed by atoms with Gasteiger partial charge >= 0.3 is 0 Å². The topological polar surface area (TPSA) is 127 Å². The summed E-state index contributed by atoms with van der Waals surface area (Å²) in [5.74, 6) is -4.20. The van der Waals surface area contributed by atoms with Crippen molar-refractivity contribution in [3.05, 3.63) is 189 Å². The summed E-state index contributed by atoms with van der Waals surface area (Å²) in [5.41, 5.74) is 0.779. The van der Waals surface area contributed by atoms with Gasteiger partial charge in [-0.05, 0) is 59.7 Å². The Labute approximate surface area is 307 Å². The van der Waals surface area contributed by atoms with Crippen LogP contribution in [-0.2, 0) is 13.2 Å². The molecule has 10 heteroatoms.